The van der Waals surface area contributed by atoms with Crippen molar-refractivity contribution in [2.24, 2.45) is 7.05 Å². The van der Waals surface area contributed by atoms with Gasteiger partial charge in [0.05, 0.1) is 11.9 Å². The summed E-state index contributed by atoms with van der Waals surface area (Å²) in [5.74, 6) is 6.41. The van der Waals surface area contributed by atoms with Crippen LogP contribution in [0.15, 0.2) is 35.3 Å². The molecule has 0 atom stereocenters. The zero-order valence-corrected chi connectivity index (χ0v) is 12.6. The van der Waals surface area contributed by atoms with Crippen LogP contribution in [0.1, 0.15) is 18.1 Å². The largest absolute Gasteiger partial charge is 0.473 e. The second kappa shape index (κ2) is 6.19. The van der Waals surface area contributed by atoms with Crippen LogP contribution >= 0.6 is 0 Å². The van der Waals surface area contributed by atoms with Crippen LogP contribution in [0.3, 0.4) is 0 Å². The van der Waals surface area contributed by atoms with Crippen LogP contribution in [0.25, 0.3) is 5.69 Å². The Morgan fingerprint density at radius 1 is 1.30 bits per heavy atom. The van der Waals surface area contributed by atoms with Gasteiger partial charge in [-0.2, -0.15) is 14.5 Å². The van der Waals surface area contributed by atoms with E-state index in [-0.39, 0.29) is 12.3 Å². The molecule has 0 amide bonds. The molecule has 0 aliphatic carbocycles. The molecule has 3 aromatic rings. The van der Waals surface area contributed by atoms with Crippen molar-refractivity contribution in [3.05, 3.63) is 52.1 Å². The number of nitrogens with zero attached hydrogens (tertiary/aromatic N) is 5. The Morgan fingerprint density at radius 3 is 2.83 bits per heavy atom. The summed E-state index contributed by atoms with van der Waals surface area (Å²) < 4.78 is 8.06. The van der Waals surface area contributed by atoms with E-state index in [9.17, 15) is 4.79 Å². The lowest BCUT2D eigenvalue weighted by Crippen LogP contribution is -2.23. The maximum absolute atomic E-state index is 12.1. The highest BCUT2D eigenvalue weighted by atomic mass is 16.5. The van der Waals surface area contributed by atoms with Gasteiger partial charge in [0.15, 0.2) is 0 Å². The summed E-state index contributed by atoms with van der Waals surface area (Å²) in [5, 5.41) is 14.2. The van der Waals surface area contributed by atoms with Crippen LogP contribution in [0, 0.1) is 11.8 Å². The van der Waals surface area contributed by atoms with Crippen LogP contribution < -0.4 is 10.4 Å². The highest BCUT2D eigenvalue weighted by molar-refractivity contribution is 5.52. The smallest absolute Gasteiger partial charge is 0.368 e. The van der Waals surface area contributed by atoms with E-state index >= 15 is 0 Å². The maximum Gasteiger partial charge on any atom is 0.368 e. The Morgan fingerprint density at radius 2 is 2.17 bits per heavy atom. The molecule has 0 aliphatic rings. The number of tetrazole rings is 1. The molecule has 8 heteroatoms. The van der Waals surface area contributed by atoms with Crippen LogP contribution in [0.4, 0.5) is 0 Å². The number of hydrogen-bond acceptors (Lipinski definition) is 5. The molecule has 116 valence electrons. The van der Waals surface area contributed by atoms with E-state index in [0.29, 0.717) is 11.6 Å². The quantitative estimate of drug-likeness (QED) is 0.714. The zero-order valence-electron chi connectivity index (χ0n) is 12.6. The fourth-order valence-corrected chi connectivity index (χ4v) is 2.11. The van der Waals surface area contributed by atoms with Crippen molar-refractivity contribution in [1.29, 1.82) is 0 Å². The SMILES string of the molecule is CC#Cc1cccc(-n2nnn(C)c2=O)c1COc1ccn[nH]1. The van der Waals surface area contributed by atoms with Crippen molar-refractivity contribution in [2.45, 2.75) is 13.5 Å². The summed E-state index contributed by atoms with van der Waals surface area (Å²) in [5.41, 5.74) is 1.76. The van der Waals surface area contributed by atoms with Gasteiger partial charge in [-0.15, -0.1) is 5.92 Å². The van der Waals surface area contributed by atoms with Gasteiger partial charge in [0.25, 0.3) is 0 Å². The van der Waals surface area contributed by atoms with Gasteiger partial charge in [-0.3, -0.25) is 0 Å². The predicted octanol–water partition coefficient (Wildman–Crippen LogP) is 0.639. The second-order valence-electron chi connectivity index (χ2n) is 4.68. The minimum Gasteiger partial charge on any atom is -0.473 e. The van der Waals surface area contributed by atoms with E-state index in [4.69, 9.17) is 4.74 Å². The van der Waals surface area contributed by atoms with E-state index in [1.54, 1.807) is 32.3 Å². The van der Waals surface area contributed by atoms with Gasteiger partial charge in [-0.1, -0.05) is 12.0 Å². The number of hydrogen-bond donors (Lipinski definition) is 1. The lowest BCUT2D eigenvalue weighted by molar-refractivity contribution is 0.292. The zero-order chi connectivity index (χ0) is 16.2. The van der Waals surface area contributed by atoms with E-state index in [2.05, 4.69) is 32.5 Å². The molecule has 3 rings (SSSR count). The summed E-state index contributed by atoms with van der Waals surface area (Å²) in [4.78, 5) is 12.1. The van der Waals surface area contributed by atoms with E-state index < -0.39 is 0 Å². The number of rotatable bonds is 4. The first kappa shape index (κ1) is 14.6. The van der Waals surface area contributed by atoms with Gasteiger partial charge in [0.2, 0.25) is 5.88 Å². The molecule has 1 aromatic carbocycles. The molecule has 0 radical (unpaired) electrons. The Labute approximate surface area is 131 Å². The Hall–Kier alpha value is -3.34. The molecule has 2 aromatic heterocycles. The van der Waals surface area contributed by atoms with Gasteiger partial charge in [0.1, 0.15) is 6.61 Å². The standard InChI is InChI=1S/C15H14N6O2/c1-3-5-11-6-4-7-13(21-15(22)20(2)18-19-21)12(11)10-23-14-8-9-16-17-14/h4,6-9H,10H2,1-2H3,(H,16,17). The van der Waals surface area contributed by atoms with Gasteiger partial charge >= 0.3 is 5.69 Å². The molecule has 0 fully saturated rings. The van der Waals surface area contributed by atoms with Crippen molar-refractivity contribution in [3.8, 4) is 23.4 Å². The second-order valence-corrected chi connectivity index (χ2v) is 4.68. The average Bonchev–Trinajstić information content (AvgIpc) is 3.18. The number of aromatic nitrogens is 6. The first-order chi connectivity index (χ1) is 11.2. The third kappa shape index (κ3) is 2.85. The lowest BCUT2D eigenvalue weighted by atomic mass is 10.1. The number of nitrogens with one attached hydrogen (secondary N) is 1. The van der Waals surface area contributed by atoms with Gasteiger partial charge in [-0.05, 0) is 29.5 Å². The Kier molecular flexibility index (Phi) is 3.93. The fraction of sp³-hybridized carbons (Fsp3) is 0.200. The molecule has 0 bridgehead atoms. The number of benzene rings is 1. The molecule has 0 spiro atoms. The van der Waals surface area contributed by atoms with Crippen LogP contribution in [0.5, 0.6) is 5.88 Å². The molecule has 8 nitrogen and oxygen atoms in total. The third-order valence-corrected chi connectivity index (χ3v) is 3.21. The fourth-order valence-electron chi connectivity index (χ4n) is 2.11. The average molecular weight is 310 g/mol. The monoisotopic (exact) mass is 310 g/mol. The molecule has 0 aliphatic heterocycles. The summed E-state index contributed by atoms with van der Waals surface area (Å²) in [6.45, 7) is 1.96. The first-order valence-corrected chi connectivity index (χ1v) is 6.87. The van der Waals surface area contributed by atoms with Gasteiger partial charge < -0.3 is 4.74 Å². The molecule has 0 saturated carbocycles. The van der Waals surface area contributed by atoms with Gasteiger partial charge in [0, 0.05) is 24.2 Å². The number of ether oxygens (including phenoxy) is 1. The van der Waals surface area contributed by atoms with Crippen molar-refractivity contribution in [2.75, 3.05) is 0 Å². The van der Waals surface area contributed by atoms with Crippen LogP contribution in [-0.2, 0) is 13.7 Å². The molecular weight excluding hydrogens is 296 g/mol. The van der Waals surface area contributed by atoms with Gasteiger partial charge in [-0.25, -0.2) is 9.89 Å². The molecule has 0 saturated heterocycles. The van der Waals surface area contributed by atoms with E-state index in [1.807, 2.05) is 12.1 Å². The van der Waals surface area contributed by atoms with Crippen LogP contribution in [-0.4, -0.2) is 30.0 Å². The molecule has 1 N–H and O–H groups in total. The predicted molar refractivity (Wildman–Crippen MR) is 82.1 cm³/mol. The van der Waals surface area contributed by atoms with Crippen LogP contribution in [0.2, 0.25) is 0 Å². The highest BCUT2D eigenvalue weighted by Crippen LogP contribution is 2.19. The summed E-state index contributed by atoms with van der Waals surface area (Å²) in [6.07, 6.45) is 1.60. The van der Waals surface area contributed by atoms with Crippen molar-refractivity contribution in [3.63, 3.8) is 0 Å². The molecule has 23 heavy (non-hydrogen) atoms. The van der Waals surface area contributed by atoms with Crippen molar-refractivity contribution >= 4 is 0 Å². The molecule has 0 unspecified atom stereocenters. The Bertz CT molecular complexity index is 927. The molecule has 2 heterocycles. The maximum atomic E-state index is 12.1. The van der Waals surface area contributed by atoms with Crippen molar-refractivity contribution < 1.29 is 4.74 Å². The topological polar surface area (TPSA) is 90.6 Å². The summed E-state index contributed by atoms with van der Waals surface area (Å²) in [7, 11) is 1.54. The molecular formula is C15H14N6O2. The first-order valence-electron chi connectivity index (χ1n) is 6.87. The number of H-pyrrole nitrogens is 1. The third-order valence-electron chi connectivity index (χ3n) is 3.21. The summed E-state index contributed by atoms with van der Waals surface area (Å²) in [6, 6.07) is 7.17. The number of aromatic amines is 1. The summed E-state index contributed by atoms with van der Waals surface area (Å²) >= 11 is 0. The lowest BCUT2D eigenvalue weighted by Gasteiger charge is -2.11. The minimum absolute atomic E-state index is 0.214. The normalized spacial score (nSPS) is 10.2. The van der Waals surface area contributed by atoms with Crippen molar-refractivity contribution in [1.82, 2.24) is 30.0 Å². The van der Waals surface area contributed by atoms with E-state index in [1.165, 1.54) is 4.68 Å². The highest BCUT2D eigenvalue weighted by Gasteiger charge is 2.14. The van der Waals surface area contributed by atoms with E-state index in [0.717, 1.165) is 15.8 Å². The Balaban J connectivity index is 2.07. The number of aryl methyl sites for hydroxylation is 1. The minimum atomic E-state index is -0.339.